The highest BCUT2D eigenvalue weighted by molar-refractivity contribution is 6.17. The maximum atomic E-state index is 12.9. The van der Waals surface area contributed by atoms with E-state index in [1.54, 1.807) is 7.11 Å². The van der Waals surface area contributed by atoms with E-state index in [0.717, 1.165) is 34.0 Å². The largest absolute Gasteiger partial charge is 0.497 e. The molecule has 5 nitrogen and oxygen atoms in total. The maximum absolute atomic E-state index is 12.9. The van der Waals surface area contributed by atoms with E-state index in [-0.39, 0.29) is 18.2 Å². The van der Waals surface area contributed by atoms with Crippen molar-refractivity contribution in [1.29, 1.82) is 0 Å². The number of methoxy groups -OCH3 is 1. The summed E-state index contributed by atoms with van der Waals surface area (Å²) >= 11 is 0. The van der Waals surface area contributed by atoms with Crippen LogP contribution in [0.5, 0.6) is 5.75 Å². The second-order valence-electron chi connectivity index (χ2n) is 7.16. The van der Waals surface area contributed by atoms with Gasteiger partial charge in [0.1, 0.15) is 11.6 Å². The van der Waals surface area contributed by atoms with Crippen molar-refractivity contribution in [3.63, 3.8) is 0 Å². The van der Waals surface area contributed by atoms with Gasteiger partial charge in [0, 0.05) is 5.71 Å². The van der Waals surface area contributed by atoms with Crippen LogP contribution in [0.1, 0.15) is 24.0 Å². The van der Waals surface area contributed by atoms with Crippen molar-refractivity contribution < 1.29 is 9.53 Å². The van der Waals surface area contributed by atoms with Gasteiger partial charge in [-0.2, -0.15) is 0 Å². The van der Waals surface area contributed by atoms with Crippen molar-refractivity contribution in [3.05, 3.63) is 90.0 Å². The molecular weight excluding hydrogens is 374 g/mol. The van der Waals surface area contributed by atoms with Crippen molar-refractivity contribution in [2.45, 2.75) is 19.3 Å². The average Bonchev–Trinajstić information content (AvgIpc) is 2.90. The highest BCUT2D eigenvalue weighted by Crippen LogP contribution is 2.34. The minimum absolute atomic E-state index is 0.118. The van der Waals surface area contributed by atoms with Crippen molar-refractivity contribution >= 4 is 28.8 Å². The van der Waals surface area contributed by atoms with Crippen LogP contribution >= 0.6 is 0 Å². The number of carbonyl (C=O) groups excluding carboxylic acids is 1. The molecule has 1 aliphatic heterocycles. The lowest BCUT2D eigenvalue weighted by Gasteiger charge is -2.19. The van der Waals surface area contributed by atoms with Crippen molar-refractivity contribution in [1.82, 2.24) is 5.32 Å². The molecule has 1 atom stereocenters. The monoisotopic (exact) mass is 397 g/mol. The summed E-state index contributed by atoms with van der Waals surface area (Å²) in [4.78, 5) is 22.5. The summed E-state index contributed by atoms with van der Waals surface area (Å²) in [6.45, 7) is 1.98. The predicted octanol–water partition coefficient (Wildman–Crippen LogP) is 4.97. The van der Waals surface area contributed by atoms with Gasteiger partial charge < -0.3 is 10.1 Å². The van der Waals surface area contributed by atoms with Crippen molar-refractivity contribution in [2.75, 3.05) is 7.11 Å². The highest BCUT2D eigenvalue weighted by atomic mass is 16.5. The van der Waals surface area contributed by atoms with Crippen LogP contribution in [0.2, 0.25) is 0 Å². The zero-order chi connectivity index (χ0) is 20.9. The fourth-order valence-corrected chi connectivity index (χ4v) is 3.56. The number of carbonyl (C=O) groups is 1. The molecule has 1 amide bonds. The molecule has 0 aromatic heterocycles. The molecule has 0 aliphatic carbocycles. The molecule has 5 heteroatoms. The molecule has 0 bridgehead atoms. The fraction of sp³-hybridized carbons (Fsp3) is 0.160. The molecule has 30 heavy (non-hydrogen) atoms. The van der Waals surface area contributed by atoms with Crippen LogP contribution in [-0.2, 0) is 11.2 Å². The number of hydrogen-bond acceptors (Lipinski definition) is 4. The molecule has 150 valence electrons. The molecule has 1 N–H and O–H groups in total. The summed E-state index contributed by atoms with van der Waals surface area (Å²) in [7, 11) is 1.62. The smallest absolute Gasteiger partial charge is 0.229 e. The number of amides is 1. The van der Waals surface area contributed by atoms with Crippen LogP contribution in [0.25, 0.3) is 0 Å². The molecule has 0 spiro atoms. The fourth-order valence-electron chi connectivity index (χ4n) is 3.56. The number of para-hydroxylation sites is 2. The molecule has 4 rings (SSSR count). The van der Waals surface area contributed by atoms with Gasteiger partial charge in [0.2, 0.25) is 5.91 Å². The molecule has 0 saturated heterocycles. The summed E-state index contributed by atoms with van der Waals surface area (Å²) in [5.41, 5.74) is 4.37. The van der Waals surface area contributed by atoms with Gasteiger partial charge in [0.15, 0.2) is 0 Å². The summed E-state index contributed by atoms with van der Waals surface area (Å²) in [6.07, 6.45) is 0.252. The summed E-state index contributed by atoms with van der Waals surface area (Å²) in [5, 5.41) is 3.05. The molecule has 0 fully saturated rings. The predicted molar refractivity (Wildman–Crippen MR) is 120 cm³/mol. The minimum Gasteiger partial charge on any atom is -0.497 e. The third kappa shape index (κ3) is 4.30. The Morgan fingerprint density at radius 3 is 2.20 bits per heavy atom. The van der Waals surface area contributed by atoms with E-state index in [4.69, 9.17) is 14.7 Å². The Balaban J connectivity index is 1.65. The lowest BCUT2D eigenvalue weighted by Crippen LogP contribution is -2.38. The van der Waals surface area contributed by atoms with Gasteiger partial charge in [-0.3, -0.25) is 9.79 Å². The van der Waals surface area contributed by atoms with E-state index >= 15 is 0 Å². The molecule has 3 aromatic rings. The Hall–Kier alpha value is -3.73. The molecule has 1 aliphatic rings. The average molecular weight is 397 g/mol. The first-order valence-electron chi connectivity index (χ1n) is 9.84. The van der Waals surface area contributed by atoms with E-state index < -0.39 is 0 Å². The van der Waals surface area contributed by atoms with Gasteiger partial charge in [-0.25, -0.2) is 4.99 Å². The van der Waals surface area contributed by atoms with Gasteiger partial charge in [-0.1, -0.05) is 54.6 Å². The maximum Gasteiger partial charge on any atom is 0.229 e. The lowest BCUT2D eigenvalue weighted by atomic mass is 9.93. The van der Waals surface area contributed by atoms with E-state index in [0.29, 0.717) is 5.84 Å². The number of nitrogens with zero attached hydrogens (tertiary/aromatic N) is 2. The van der Waals surface area contributed by atoms with Crippen molar-refractivity contribution in [3.8, 4) is 5.75 Å². The van der Waals surface area contributed by atoms with Gasteiger partial charge >= 0.3 is 0 Å². The SMILES string of the molecule is COc1ccc(CC(=O)NC2=Nc3ccccc3N=C(C)C2c2ccccc2)cc1. The number of fused-ring (bicyclic) bond motifs is 1. The Labute approximate surface area is 176 Å². The van der Waals surface area contributed by atoms with Crippen LogP contribution in [0.15, 0.2) is 88.8 Å². The third-order valence-corrected chi connectivity index (χ3v) is 5.03. The summed E-state index contributed by atoms with van der Waals surface area (Å²) in [6, 6.07) is 25.2. The Morgan fingerprint density at radius 1 is 0.900 bits per heavy atom. The third-order valence-electron chi connectivity index (χ3n) is 5.03. The number of benzene rings is 3. The summed E-state index contributed by atoms with van der Waals surface area (Å²) in [5.74, 6) is 1.01. The first-order chi connectivity index (χ1) is 14.6. The molecule has 3 aromatic carbocycles. The number of ether oxygens (including phenoxy) is 1. The molecule has 1 heterocycles. The molecule has 1 unspecified atom stereocenters. The Morgan fingerprint density at radius 2 is 1.53 bits per heavy atom. The van der Waals surface area contributed by atoms with Crippen LogP contribution in [0.4, 0.5) is 11.4 Å². The lowest BCUT2D eigenvalue weighted by molar-refractivity contribution is -0.119. The Kier molecular flexibility index (Phi) is 5.70. The number of aliphatic imine (C=N–C) groups is 2. The van der Waals surface area contributed by atoms with Gasteiger partial charge in [0.25, 0.3) is 0 Å². The zero-order valence-corrected chi connectivity index (χ0v) is 17.0. The number of nitrogens with one attached hydrogen (secondary N) is 1. The summed E-state index contributed by atoms with van der Waals surface area (Å²) < 4.78 is 5.18. The normalized spacial score (nSPS) is 15.3. The van der Waals surface area contributed by atoms with Crippen molar-refractivity contribution in [2.24, 2.45) is 9.98 Å². The van der Waals surface area contributed by atoms with Gasteiger partial charge in [-0.15, -0.1) is 0 Å². The minimum atomic E-state index is -0.224. The Bertz CT molecular complexity index is 1100. The van der Waals surface area contributed by atoms with Gasteiger partial charge in [0.05, 0.1) is 30.8 Å². The number of hydrogen-bond donors (Lipinski definition) is 1. The van der Waals surface area contributed by atoms with Crippen LogP contribution in [0, 0.1) is 0 Å². The molecule has 0 saturated carbocycles. The first kappa shape index (κ1) is 19.6. The second kappa shape index (κ2) is 8.74. The first-order valence-corrected chi connectivity index (χ1v) is 9.84. The van der Waals surface area contributed by atoms with Crippen LogP contribution in [-0.4, -0.2) is 24.6 Å². The van der Waals surface area contributed by atoms with E-state index in [9.17, 15) is 4.79 Å². The molecule has 0 radical (unpaired) electrons. The van der Waals surface area contributed by atoms with Crippen LogP contribution in [0.3, 0.4) is 0 Å². The topological polar surface area (TPSA) is 63.0 Å². The molecular formula is C25H23N3O2. The number of rotatable bonds is 4. The van der Waals surface area contributed by atoms with E-state index in [1.165, 1.54) is 0 Å². The number of amidine groups is 1. The van der Waals surface area contributed by atoms with Gasteiger partial charge in [-0.05, 0) is 42.3 Å². The quantitative estimate of drug-likeness (QED) is 0.675. The standard InChI is InChI=1S/C25H23N3O2/c1-17-24(19-8-4-3-5-9-19)25(27-22-11-7-6-10-21(22)26-17)28-23(29)16-18-12-14-20(30-2)15-13-18/h3-15,24H,16H2,1-2H3,(H,27,28,29). The highest BCUT2D eigenvalue weighted by Gasteiger charge is 2.26. The zero-order valence-electron chi connectivity index (χ0n) is 17.0. The van der Waals surface area contributed by atoms with E-state index in [1.807, 2.05) is 85.8 Å². The van der Waals surface area contributed by atoms with E-state index in [2.05, 4.69) is 5.32 Å². The van der Waals surface area contributed by atoms with Crippen LogP contribution < -0.4 is 10.1 Å². The second-order valence-corrected chi connectivity index (χ2v) is 7.16.